The number of amides is 1. The van der Waals surface area contributed by atoms with Crippen LogP contribution in [0.4, 0.5) is 5.13 Å². The fourth-order valence-corrected chi connectivity index (χ4v) is 3.27. The van der Waals surface area contributed by atoms with Crippen molar-refractivity contribution in [1.29, 1.82) is 0 Å². The third-order valence-electron chi connectivity index (χ3n) is 4.09. The number of anilines is 1. The van der Waals surface area contributed by atoms with Gasteiger partial charge in [-0.1, -0.05) is 35.6 Å². The van der Waals surface area contributed by atoms with Crippen molar-refractivity contribution in [3.63, 3.8) is 0 Å². The summed E-state index contributed by atoms with van der Waals surface area (Å²) in [6.45, 7) is 1.83. The molecular formula is C19H18N2O4S. The first-order valence-corrected chi connectivity index (χ1v) is 8.76. The molecule has 0 aliphatic rings. The van der Waals surface area contributed by atoms with Gasteiger partial charge in [-0.2, -0.15) is 0 Å². The van der Waals surface area contributed by atoms with Crippen molar-refractivity contribution in [1.82, 2.24) is 4.98 Å². The standard InChI is InChI=1S/C19H18N2O4S/c1-11(17(22)21-19-20-10-16(26-19)18(23)25-3)12-4-5-14-9-15(24-2)7-6-13(14)8-12/h4-11H,1-3H3,(H,20,21,22). The number of benzene rings is 2. The number of nitrogens with zero attached hydrogens (tertiary/aromatic N) is 1. The summed E-state index contributed by atoms with van der Waals surface area (Å²) in [5.74, 6) is -0.238. The molecular weight excluding hydrogens is 352 g/mol. The summed E-state index contributed by atoms with van der Waals surface area (Å²) in [6, 6.07) is 11.7. The zero-order valence-electron chi connectivity index (χ0n) is 14.6. The van der Waals surface area contributed by atoms with E-state index in [1.807, 2.05) is 43.3 Å². The Hall–Kier alpha value is -2.93. The Bertz CT molecular complexity index is 967. The van der Waals surface area contributed by atoms with Crippen molar-refractivity contribution in [3.8, 4) is 5.75 Å². The quantitative estimate of drug-likeness (QED) is 0.691. The Balaban J connectivity index is 1.76. The molecule has 1 aromatic heterocycles. The number of hydrogen-bond donors (Lipinski definition) is 1. The SMILES string of the molecule is COC(=O)c1cnc(NC(=O)C(C)c2ccc3cc(OC)ccc3c2)s1. The molecule has 0 fully saturated rings. The van der Waals surface area contributed by atoms with Crippen LogP contribution >= 0.6 is 11.3 Å². The van der Waals surface area contributed by atoms with Crippen molar-refractivity contribution < 1.29 is 19.1 Å². The first-order chi connectivity index (χ1) is 12.5. The number of ether oxygens (including phenoxy) is 2. The lowest BCUT2D eigenvalue weighted by atomic mass is 9.97. The summed E-state index contributed by atoms with van der Waals surface area (Å²) < 4.78 is 9.87. The van der Waals surface area contributed by atoms with Gasteiger partial charge in [0, 0.05) is 0 Å². The molecule has 2 aromatic carbocycles. The summed E-state index contributed by atoms with van der Waals surface area (Å²) in [7, 11) is 2.93. The van der Waals surface area contributed by atoms with Gasteiger partial charge in [0.15, 0.2) is 5.13 Å². The Morgan fingerprint density at radius 2 is 1.85 bits per heavy atom. The lowest BCUT2D eigenvalue weighted by Crippen LogP contribution is -2.18. The van der Waals surface area contributed by atoms with Gasteiger partial charge in [-0.05, 0) is 35.4 Å². The predicted molar refractivity (Wildman–Crippen MR) is 101 cm³/mol. The van der Waals surface area contributed by atoms with Crippen LogP contribution in [-0.2, 0) is 9.53 Å². The van der Waals surface area contributed by atoms with E-state index in [1.54, 1.807) is 7.11 Å². The van der Waals surface area contributed by atoms with Crippen LogP contribution in [0.25, 0.3) is 10.8 Å². The number of fused-ring (bicyclic) bond motifs is 1. The van der Waals surface area contributed by atoms with Crippen LogP contribution in [0.15, 0.2) is 42.6 Å². The molecule has 7 heteroatoms. The second kappa shape index (κ2) is 7.53. The molecule has 0 saturated carbocycles. The molecule has 1 N–H and O–H groups in total. The average molecular weight is 370 g/mol. The van der Waals surface area contributed by atoms with Crippen LogP contribution in [0.3, 0.4) is 0 Å². The van der Waals surface area contributed by atoms with Gasteiger partial charge in [0.05, 0.1) is 26.3 Å². The van der Waals surface area contributed by atoms with Crippen molar-refractivity contribution in [2.75, 3.05) is 19.5 Å². The van der Waals surface area contributed by atoms with Crippen LogP contribution in [0.5, 0.6) is 5.75 Å². The number of thiazole rings is 1. The van der Waals surface area contributed by atoms with Gasteiger partial charge in [0.1, 0.15) is 10.6 Å². The first kappa shape index (κ1) is 17.9. The van der Waals surface area contributed by atoms with Gasteiger partial charge in [-0.25, -0.2) is 9.78 Å². The van der Waals surface area contributed by atoms with Crippen LogP contribution < -0.4 is 10.1 Å². The van der Waals surface area contributed by atoms with E-state index in [2.05, 4.69) is 15.0 Å². The van der Waals surface area contributed by atoms with Crippen LogP contribution in [0.1, 0.15) is 28.1 Å². The minimum Gasteiger partial charge on any atom is -0.497 e. The van der Waals surface area contributed by atoms with Crippen molar-refractivity contribution >= 4 is 39.1 Å². The van der Waals surface area contributed by atoms with E-state index in [0.29, 0.717) is 10.0 Å². The Labute approximate surface area is 154 Å². The van der Waals surface area contributed by atoms with E-state index in [-0.39, 0.29) is 11.8 Å². The number of esters is 1. The van der Waals surface area contributed by atoms with Crippen LogP contribution in [-0.4, -0.2) is 31.1 Å². The number of aromatic nitrogens is 1. The fraction of sp³-hybridized carbons (Fsp3) is 0.211. The second-order valence-electron chi connectivity index (χ2n) is 5.70. The largest absolute Gasteiger partial charge is 0.497 e. The Kier molecular flexibility index (Phi) is 5.18. The molecule has 3 rings (SSSR count). The molecule has 1 atom stereocenters. The smallest absolute Gasteiger partial charge is 0.349 e. The molecule has 1 unspecified atom stereocenters. The number of rotatable bonds is 5. The molecule has 0 radical (unpaired) electrons. The van der Waals surface area contributed by atoms with Crippen molar-refractivity contribution in [2.24, 2.45) is 0 Å². The maximum atomic E-state index is 12.5. The summed E-state index contributed by atoms with van der Waals surface area (Å²) >= 11 is 1.08. The zero-order chi connectivity index (χ0) is 18.7. The van der Waals surface area contributed by atoms with E-state index in [4.69, 9.17) is 4.74 Å². The summed E-state index contributed by atoms with van der Waals surface area (Å²) in [4.78, 5) is 28.4. The zero-order valence-corrected chi connectivity index (χ0v) is 15.4. The van der Waals surface area contributed by atoms with E-state index < -0.39 is 5.97 Å². The topological polar surface area (TPSA) is 77.5 Å². The summed E-state index contributed by atoms with van der Waals surface area (Å²) in [5, 5.41) is 5.19. The minimum absolute atomic E-state index is 0.191. The highest BCUT2D eigenvalue weighted by atomic mass is 32.1. The molecule has 134 valence electrons. The van der Waals surface area contributed by atoms with Gasteiger partial charge in [0.2, 0.25) is 5.91 Å². The Morgan fingerprint density at radius 1 is 1.12 bits per heavy atom. The maximum absolute atomic E-state index is 12.5. The molecule has 0 spiro atoms. The maximum Gasteiger partial charge on any atom is 0.349 e. The molecule has 26 heavy (non-hydrogen) atoms. The summed E-state index contributed by atoms with van der Waals surface area (Å²) in [5.41, 5.74) is 0.893. The minimum atomic E-state index is -0.471. The predicted octanol–water partition coefficient (Wildman–Crippen LogP) is 3.83. The fourth-order valence-electron chi connectivity index (χ4n) is 2.53. The van der Waals surface area contributed by atoms with E-state index >= 15 is 0 Å². The number of nitrogens with one attached hydrogen (secondary N) is 1. The highest BCUT2D eigenvalue weighted by Gasteiger charge is 2.18. The molecule has 1 heterocycles. The molecule has 0 aliphatic carbocycles. The van der Waals surface area contributed by atoms with Gasteiger partial charge < -0.3 is 14.8 Å². The van der Waals surface area contributed by atoms with Crippen molar-refractivity contribution in [3.05, 3.63) is 53.0 Å². The van der Waals surface area contributed by atoms with Crippen molar-refractivity contribution in [2.45, 2.75) is 12.8 Å². The molecule has 1 amide bonds. The number of methoxy groups -OCH3 is 2. The highest BCUT2D eigenvalue weighted by molar-refractivity contribution is 7.17. The van der Waals surface area contributed by atoms with Gasteiger partial charge in [0.25, 0.3) is 0 Å². The normalized spacial score (nSPS) is 11.8. The third kappa shape index (κ3) is 3.67. The third-order valence-corrected chi connectivity index (χ3v) is 4.98. The molecule has 0 bridgehead atoms. The molecule has 0 aliphatic heterocycles. The van der Waals surface area contributed by atoms with Gasteiger partial charge in [-0.3, -0.25) is 4.79 Å². The Morgan fingerprint density at radius 3 is 2.58 bits per heavy atom. The monoisotopic (exact) mass is 370 g/mol. The lowest BCUT2D eigenvalue weighted by Gasteiger charge is -2.12. The van der Waals surface area contributed by atoms with Crippen LogP contribution in [0.2, 0.25) is 0 Å². The number of carbonyl (C=O) groups excluding carboxylic acids is 2. The van der Waals surface area contributed by atoms with Crippen LogP contribution in [0, 0.1) is 0 Å². The summed E-state index contributed by atoms with van der Waals surface area (Å²) in [6.07, 6.45) is 1.39. The first-order valence-electron chi connectivity index (χ1n) is 7.94. The number of hydrogen-bond acceptors (Lipinski definition) is 6. The lowest BCUT2D eigenvalue weighted by molar-refractivity contribution is -0.117. The molecule has 3 aromatic rings. The molecule has 0 saturated heterocycles. The van der Waals surface area contributed by atoms with E-state index in [0.717, 1.165) is 33.4 Å². The molecule has 6 nitrogen and oxygen atoms in total. The average Bonchev–Trinajstić information content (AvgIpc) is 3.14. The van der Waals surface area contributed by atoms with E-state index in [1.165, 1.54) is 13.3 Å². The van der Waals surface area contributed by atoms with Gasteiger partial charge in [-0.15, -0.1) is 0 Å². The highest BCUT2D eigenvalue weighted by Crippen LogP contribution is 2.26. The van der Waals surface area contributed by atoms with E-state index in [9.17, 15) is 9.59 Å². The number of carbonyl (C=O) groups is 2. The van der Waals surface area contributed by atoms with Gasteiger partial charge >= 0.3 is 5.97 Å². The second-order valence-corrected chi connectivity index (χ2v) is 6.74.